The molecule has 2 amide bonds. The maximum atomic E-state index is 13.1. The number of hydrogen-bond donors (Lipinski definition) is 0. The van der Waals surface area contributed by atoms with Gasteiger partial charge in [-0.05, 0) is 17.7 Å². The molecule has 0 atom stereocenters. The molecule has 0 unspecified atom stereocenters. The minimum absolute atomic E-state index is 0.224. The van der Waals surface area contributed by atoms with E-state index >= 15 is 0 Å². The van der Waals surface area contributed by atoms with Gasteiger partial charge in [-0.1, -0.05) is 54.6 Å². The van der Waals surface area contributed by atoms with Crippen molar-refractivity contribution in [3.05, 3.63) is 84.6 Å². The fourth-order valence-electron chi connectivity index (χ4n) is 3.84. The maximum absolute atomic E-state index is 13.1. The third kappa shape index (κ3) is 3.20. The first-order valence-corrected chi connectivity index (χ1v) is 9.52. The van der Waals surface area contributed by atoms with Gasteiger partial charge in [0, 0.05) is 38.4 Å². The Bertz CT molecular complexity index is 913. The first-order chi connectivity index (χ1) is 13.7. The molecule has 0 saturated carbocycles. The molecule has 5 nitrogen and oxygen atoms in total. The molecule has 0 radical (unpaired) electrons. The molecule has 2 aliphatic heterocycles. The van der Waals surface area contributed by atoms with Crippen molar-refractivity contribution in [3.63, 3.8) is 0 Å². The van der Waals surface area contributed by atoms with Crippen molar-refractivity contribution in [2.24, 2.45) is 0 Å². The summed E-state index contributed by atoms with van der Waals surface area (Å²) in [5.41, 5.74) is 2.99. The maximum Gasteiger partial charge on any atom is 0.278 e. The van der Waals surface area contributed by atoms with Crippen molar-refractivity contribution in [1.82, 2.24) is 9.80 Å². The average molecular weight is 373 g/mol. The lowest BCUT2D eigenvalue weighted by molar-refractivity contribution is -0.136. The number of nitrogens with zero attached hydrogens (tertiary/aromatic N) is 3. The van der Waals surface area contributed by atoms with Crippen LogP contribution in [0.5, 0.6) is 0 Å². The zero-order chi connectivity index (χ0) is 19.5. The molecule has 2 aromatic carbocycles. The second kappa shape index (κ2) is 7.72. The summed E-state index contributed by atoms with van der Waals surface area (Å²) >= 11 is 0. The number of carbonyl (C=O) groups excluding carboxylic acids is 2. The molecular formula is C23H23N3O2. The molecule has 0 aromatic heterocycles. The first-order valence-electron chi connectivity index (χ1n) is 9.52. The van der Waals surface area contributed by atoms with Crippen LogP contribution >= 0.6 is 0 Å². The van der Waals surface area contributed by atoms with E-state index in [4.69, 9.17) is 0 Å². The third-order valence-corrected chi connectivity index (χ3v) is 5.23. The van der Waals surface area contributed by atoms with Crippen molar-refractivity contribution in [3.8, 4) is 0 Å². The molecular weight excluding hydrogens is 350 g/mol. The van der Waals surface area contributed by atoms with Crippen LogP contribution in [0.2, 0.25) is 0 Å². The number of piperazine rings is 1. The van der Waals surface area contributed by atoms with Crippen LogP contribution in [0.1, 0.15) is 5.56 Å². The average Bonchev–Trinajstić information content (AvgIpc) is 3.00. The molecule has 4 rings (SSSR count). The highest BCUT2D eigenvalue weighted by Gasteiger charge is 2.41. The highest BCUT2D eigenvalue weighted by Crippen LogP contribution is 2.32. The van der Waals surface area contributed by atoms with Gasteiger partial charge < -0.3 is 9.80 Å². The Morgan fingerprint density at radius 3 is 1.96 bits per heavy atom. The SMILES string of the molecule is C=CCN1C(=O)C(c2ccccc2)=C(N2CCN(c3ccccc3)CC2)C1=O. The fourth-order valence-corrected chi connectivity index (χ4v) is 3.84. The second-order valence-corrected chi connectivity index (χ2v) is 6.91. The van der Waals surface area contributed by atoms with Gasteiger partial charge in [-0.15, -0.1) is 6.58 Å². The van der Waals surface area contributed by atoms with E-state index in [1.807, 2.05) is 48.5 Å². The van der Waals surface area contributed by atoms with E-state index < -0.39 is 0 Å². The molecule has 2 heterocycles. The van der Waals surface area contributed by atoms with Crippen LogP contribution < -0.4 is 4.90 Å². The van der Waals surface area contributed by atoms with E-state index in [9.17, 15) is 9.59 Å². The number of carbonyl (C=O) groups is 2. The molecule has 0 N–H and O–H groups in total. The van der Waals surface area contributed by atoms with Crippen molar-refractivity contribution < 1.29 is 9.59 Å². The highest BCUT2D eigenvalue weighted by molar-refractivity contribution is 6.35. The van der Waals surface area contributed by atoms with Crippen molar-refractivity contribution >= 4 is 23.1 Å². The molecule has 0 spiro atoms. The zero-order valence-electron chi connectivity index (χ0n) is 15.8. The number of para-hydroxylation sites is 1. The molecule has 2 aliphatic rings. The monoisotopic (exact) mass is 373 g/mol. The summed E-state index contributed by atoms with van der Waals surface area (Å²) in [7, 11) is 0. The Hall–Kier alpha value is -3.34. The van der Waals surface area contributed by atoms with Crippen LogP contribution in [0.15, 0.2) is 79.0 Å². The Kier molecular flexibility index (Phi) is 4.98. The van der Waals surface area contributed by atoms with E-state index in [0.717, 1.165) is 18.7 Å². The normalized spacial score (nSPS) is 17.5. The molecule has 142 valence electrons. The number of hydrogen-bond acceptors (Lipinski definition) is 4. The lowest BCUT2D eigenvalue weighted by Crippen LogP contribution is -2.47. The van der Waals surface area contributed by atoms with Crippen LogP contribution in [-0.2, 0) is 9.59 Å². The summed E-state index contributed by atoms with van der Waals surface area (Å²) in [5.74, 6) is -0.464. The topological polar surface area (TPSA) is 43.9 Å². The van der Waals surface area contributed by atoms with E-state index in [2.05, 4.69) is 28.5 Å². The molecule has 0 aliphatic carbocycles. The van der Waals surface area contributed by atoms with Crippen LogP contribution in [-0.4, -0.2) is 54.3 Å². The first kappa shape index (κ1) is 18.0. The number of anilines is 1. The predicted octanol–water partition coefficient (Wildman–Crippen LogP) is 2.77. The van der Waals surface area contributed by atoms with Gasteiger partial charge in [0.15, 0.2) is 0 Å². The zero-order valence-corrected chi connectivity index (χ0v) is 15.8. The minimum Gasteiger partial charge on any atom is -0.368 e. The van der Waals surface area contributed by atoms with Crippen molar-refractivity contribution in [2.45, 2.75) is 0 Å². The lowest BCUT2D eigenvalue weighted by Gasteiger charge is -2.37. The Morgan fingerprint density at radius 1 is 0.786 bits per heavy atom. The predicted molar refractivity (Wildman–Crippen MR) is 111 cm³/mol. The summed E-state index contributed by atoms with van der Waals surface area (Å²) in [6.07, 6.45) is 1.59. The summed E-state index contributed by atoms with van der Waals surface area (Å²) < 4.78 is 0. The molecule has 0 bridgehead atoms. The van der Waals surface area contributed by atoms with Gasteiger partial charge in [-0.3, -0.25) is 14.5 Å². The van der Waals surface area contributed by atoms with Crippen molar-refractivity contribution in [1.29, 1.82) is 0 Å². The fraction of sp³-hybridized carbons (Fsp3) is 0.217. The van der Waals surface area contributed by atoms with E-state index in [-0.39, 0.29) is 18.4 Å². The summed E-state index contributed by atoms with van der Waals surface area (Å²) in [6, 6.07) is 19.7. The van der Waals surface area contributed by atoms with Gasteiger partial charge in [-0.2, -0.15) is 0 Å². The van der Waals surface area contributed by atoms with Gasteiger partial charge in [-0.25, -0.2) is 0 Å². The largest absolute Gasteiger partial charge is 0.368 e. The Morgan fingerprint density at radius 2 is 1.36 bits per heavy atom. The number of amides is 2. The molecule has 1 saturated heterocycles. The standard InChI is InChI=1S/C23H23N3O2/c1-2-13-26-22(27)20(18-9-5-3-6-10-18)21(23(26)28)25-16-14-24(15-17-25)19-11-7-4-8-12-19/h2-12H,1,13-17H2. The quantitative estimate of drug-likeness (QED) is 0.597. The van der Waals surface area contributed by atoms with Gasteiger partial charge in [0.05, 0.1) is 5.57 Å². The van der Waals surface area contributed by atoms with Gasteiger partial charge in [0.2, 0.25) is 0 Å². The number of rotatable bonds is 5. The smallest absolute Gasteiger partial charge is 0.278 e. The van der Waals surface area contributed by atoms with Gasteiger partial charge in [0.25, 0.3) is 11.8 Å². The second-order valence-electron chi connectivity index (χ2n) is 6.91. The van der Waals surface area contributed by atoms with E-state index in [1.54, 1.807) is 6.08 Å². The van der Waals surface area contributed by atoms with Gasteiger partial charge in [0.1, 0.15) is 5.70 Å². The number of imide groups is 1. The molecule has 2 aromatic rings. The van der Waals surface area contributed by atoms with Crippen LogP contribution in [0.3, 0.4) is 0 Å². The Labute approximate surface area is 165 Å². The summed E-state index contributed by atoms with van der Waals surface area (Å²) in [6.45, 7) is 6.91. The van der Waals surface area contributed by atoms with Crippen molar-refractivity contribution in [2.75, 3.05) is 37.6 Å². The highest BCUT2D eigenvalue weighted by atomic mass is 16.2. The van der Waals surface area contributed by atoms with Crippen LogP contribution in [0.25, 0.3) is 5.57 Å². The van der Waals surface area contributed by atoms with E-state index in [0.29, 0.717) is 24.4 Å². The molecule has 1 fully saturated rings. The van der Waals surface area contributed by atoms with Crippen LogP contribution in [0.4, 0.5) is 5.69 Å². The lowest BCUT2D eigenvalue weighted by atomic mass is 10.0. The minimum atomic E-state index is -0.239. The van der Waals surface area contributed by atoms with Gasteiger partial charge >= 0.3 is 0 Å². The molecule has 28 heavy (non-hydrogen) atoms. The van der Waals surface area contributed by atoms with E-state index in [1.165, 1.54) is 10.6 Å². The summed E-state index contributed by atoms with van der Waals surface area (Å²) in [5, 5.41) is 0. The molecule has 5 heteroatoms. The summed E-state index contributed by atoms with van der Waals surface area (Å²) in [4.78, 5) is 31.7. The Balaban J connectivity index is 1.63. The number of benzene rings is 2. The van der Waals surface area contributed by atoms with Crippen LogP contribution in [0, 0.1) is 0 Å². The third-order valence-electron chi connectivity index (χ3n) is 5.23.